The number of rotatable bonds is 3. The minimum Gasteiger partial charge on any atom is -0.511 e. The van der Waals surface area contributed by atoms with E-state index in [0.29, 0.717) is 54.0 Å². The Kier molecular flexibility index (Phi) is 5.12. The Balaban J connectivity index is 1.84. The van der Waals surface area contributed by atoms with E-state index in [1.54, 1.807) is 0 Å². The van der Waals surface area contributed by atoms with Crippen molar-refractivity contribution in [2.75, 3.05) is 0 Å². The number of aliphatic imine (C=N–C) groups is 1. The van der Waals surface area contributed by atoms with Crippen molar-refractivity contribution in [3.8, 4) is 0 Å². The average molecular weight is 358 g/mol. The van der Waals surface area contributed by atoms with Crippen molar-refractivity contribution < 1.29 is 19.2 Å². The molecule has 1 heterocycles. The minimum absolute atomic E-state index is 0.0395. The molecule has 1 fully saturated rings. The molecule has 0 radical (unpaired) electrons. The highest BCUT2D eigenvalue weighted by Gasteiger charge is 2.29. The summed E-state index contributed by atoms with van der Waals surface area (Å²) in [5, 5.41) is 14.6. The second-order valence-corrected chi connectivity index (χ2v) is 8.03. The Bertz CT molecular complexity index is 793. The number of aryl methyl sites for hydroxylation is 2. The van der Waals surface area contributed by atoms with Crippen molar-refractivity contribution in [2.45, 2.75) is 77.7 Å². The molecule has 0 bridgehead atoms. The highest BCUT2D eigenvalue weighted by molar-refractivity contribution is 6.24. The Hall–Kier alpha value is -2.24. The van der Waals surface area contributed by atoms with Crippen molar-refractivity contribution in [3.63, 3.8) is 0 Å². The number of allylic oxidation sites excluding steroid dienone is 2. The molecule has 1 aromatic rings. The first-order valence-corrected chi connectivity index (χ1v) is 9.31. The molecule has 1 N–H and O–H groups in total. The van der Waals surface area contributed by atoms with E-state index in [1.165, 1.54) is 0 Å². The first kappa shape index (κ1) is 18.5. The van der Waals surface area contributed by atoms with Gasteiger partial charge in [0, 0.05) is 37.8 Å². The van der Waals surface area contributed by atoms with Gasteiger partial charge in [0.25, 0.3) is 0 Å². The van der Waals surface area contributed by atoms with Crippen LogP contribution in [0.4, 0.5) is 0 Å². The van der Waals surface area contributed by atoms with Gasteiger partial charge < -0.3 is 9.63 Å². The summed E-state index contributed by atoms with van der Waals surface area (Å²) >= 11 is 0. The molecule has 6 heteroatoms. The summed E-state index contributed by atoms with van der Waals surface area (Å²) in [4.78, 5) is 29.2. The monoisotopic (exact) mass is 358 g/mol. The van der Waals surface area contributed by atoms with Gasteiger partial charge in [-0.15, -0.1) is 0 Å². The number of aromatic nitrogens is 1. The van der Waals surface area contributed by atoms with Crippen LogP contribution in [-0.4, -0.2) is 33.1 Å². The summed E-state index contributed by atoms with van der Waals surface area (Å²) < 4.78 is 5.28. The number of hydrogen-bond acceptors (Lipinski definition) is 6. The zero-order chi connectivity index (χ0) is 18.9. The van der Waals surface area contributed by atoms with E-state index >= 15 is 0 Å². The molecule has 3 rings (SSSR count). The van der Waals surface area contributed by atoms with Crippen LogP contribution in [0.1, 0.15) is 81.1 Å². The number of hydrogen-bond donors (Lipinski definition) is 1. The van der Waals surface area contributed by atoms with Gasteiger partial charge in [0.05, 0.1) is 22.4 Å². The fraction of sp³-hybridized carbons (Fsp3) is 0.600. The molecule has 0 spiro atoms. The van der Waals surface area contributed by atoms with Crippen molar-refractivity contribution in [1.82, 2.24) is 5.16 Å². The van der Waals surface area contributed by atoms with Crippen LogP contribution in [0.2, 0.25) is 0 Å². The van der Waals surface area contributed by atoms with Crippen LogP contribution in [0.15, 0.2) is 20.8 Å². The van der Waals surface area contributed by atoms with E-state index in [4.69, 9.17) is 4.52 Å². The number of aliphatic hydroxyl groups excluding tert-OH is 1. The van der Waals surface area contributed by atoms with E-state index in [0.717, 1.165) is 19.3 Å². The summed E-state index contributed by atoms with van der Waals surface area (Å²) in [6.07, 6.45) is 4.52. The van der Waals surface area contributed by atoms with Crippen LogP contribution < -0.4 is 0 Å². The standard InChI is InChI=1S/C20H26N2O4/c1-20(2,3)21-12-6-4-7-14(23)18(12)16(25)11-10-13-19-15(24)8-5-9-17(19)26-22-13/h25H,4-11H2,1-3H3/b18-16+,21-12?. The first-order chi connectivity index (χ1) is 12.3. The van der Waals surface area contributed by atoms with Crippen LogP contribution in [0.5, 0.6) is 0 Å². The van der Waals surface area contributed by atoms with E-state index in [2.05, 4.69) is 10.1 Å². The van der Waals surface area contributed by atoms with E-state index in [9.17, 15) is 14.7 Å². The summed E-state index contributed by atoms with van der Waals surface area (Å²) in [6.45, 7) is 5.92. The van der Waals surface area contributed by atoms with Crippen LogP contribution >= 0.6 is 0 Å². The molecule has 2 aliphatic rings. The van der Waals surface area contributed by atoms with Gasteiger partial charge in [0.1, 0.15) is 11.5 Å². The van der Waals surface area contributed by atoms with Gasteiger partial charge in [-0.25, -0.2) is 0 Å². The lowest BCUT2D eigenvalue weighted by Gasteiger charge is -2.22. The van der Waals surface area contributed by atoms with Crippen LogP contribution in [-0.2, 0) is 17.6 Å². The largest absolute Gasteiger partial charge is 0.511 e. The normalized spacial score (nSPS) is 21.9. The maximum absolute atomic E-state index is 12.4. The molecule has 0 aromatic carbocycles. The molecular weight excluding hydrogens is 332 g/mol. The van der Waals surface area contributed by atoms with E-state index in [1.807, 2.05) is 20.8 Å². The quantitative estimate of drug-likeness (QED) is 0.653. The van der Waals surface area contributed by atoms with Gasteiger partial charge in [0.2, 0.25) is 0 Å². The predicted molar refractivity (Wildman–Crippen MR) is 97.8 cm³/mol. The zero-order valence-electron chi connectivity index (χ0n) is 15.7. The molecule has 26 heavy (non-hydrogen) atoms. The number of Topliss-reactive ketones (excluding diaryl/α,β-unsaturated/α-hetero) is 2. The van der Waals surface area contributed by atoms with Crippen molar-refractivity contribution in [2.24, 2.45) is 4.99 Å². The average Bonchev–Trinajstić information content (AvgIpc) is 2.96. The lowest BCUT2D eigenvalue weighted by atomic mass is 9.88. The molecule has 0 amide bonds. The summed E-state index contributed by atoms with van der Waals surface area (Å²) in [7, 11) is 0. The van der Waals surface area contributed by atoms with Gasteiger partial charge in [-0.3, -0.25) is 14.6 Å². The van der Waals surface area contributed by atoms with E-state index < -0.39 is 0 Å². The van der Waals surface area contributed by atoms with Gasteiger partial charge in [0.15, 0.2) is 11.6 Å². The zero-order valence-corrected chi connectivity index (χ0v) is 15.7. The number of nitrogens with zero attached hydrogens (tertiary/aromatic N) is 2. The molecular formula is C20H26N2O4. The molecule has 1 saturated carbocycles. The van der Waals surface area contributed by atoms with Crippen LogP contribution in [0, 0.1) is 0 Å². The highest BCUT2D eigenvalue weighted by Crippen LogP contribution is 2.28. The Morgan fingerprint density at radius 2 is 1.81 bits per heavy atom. The van der Waals surface area contributed by atoms with Gasteiger partial charge in [-0.2, -0.15) is 0 Å². The Morgan fingerprint density at radius 1 is 1.12 bits per heavy atom. The lowest BCUT2D eigenvalue weighted by Crippen LogP contribution is -2.25. The number of ketones is 2. The van der Waals surface area contributed by atoms with Crippen LogP contribution in [0.25, 0.3) is 0 Å². The maximum Gasteiger partial charge on any atom is 0.168 e. The predicted octanol–water partition coefficient (Wildman–Crippen LogP) is 3.93. The minimum atomic E-state index is -0.309. The second kappa shape index (κ2) is 7.17. The molecule has 0 atom stereocenters. The third kappa shape index (κ3) is 3.94. The highest BCUT2D eigenvalue weighted by atomic mass is 16.5. The maximum atomic E-state index is 12.4. The van der Waals surface area contributed by atoms with E-state index in [-0.39, 0.29) is 29.3 Å². The molecule has 1 aromatic heterocycles. The van der Waals surface area contributed by atoms with Crippen molar-refractivity contribution in [1.29, 1.82) is 0 Å². The first-order valence-electron chi connectivity index (χ1n) is 9.31. The lowest BCUT2D eigenvalue weighted by molar-refractivity contribution is -0.115. The Labute approximate surface area is 153 Å². The molecule has 0 aliphatic heterocycles. The summed E-state index contributed by atoms with van der Waals surface area (Å²) in [5.41, 5.74) is 1.89. The number of carbonyl (C=O) groups excluding carboxylic acids is 2. The van der Waals surface area contributed by atoms with Crippen molar-refractivity contribution >= 4 is 17.3 Å². The van der Waals surface area contributed by atoms with Crippen LogP contribution in [0.3, 0.4) is 0 Å². The fourth-order valence-corrected chi connectivity index (χ4v) is 3.59. The van der Waals surface area contributed by atoms with Gasteiger partial charge in [-0.05, 0) is 40.0 Å². The molecule has 2 aliphatic carbocycles. The van der Waals surface area contributed by atoms with Gasteiger partial charge in [-0.1, -0.05) is 5.16 Å². The third-order valence-corrected chi connectivity index (χ3v) is 4.66. The smallest absolute Gasteiger partial charge is 0.168 e. The summed E-state index contributed by atoms with van der Waals surface area (Å²) in [6, 6.07) is 0. The fourth-order valence-electron chi connectivity index (χ4n) is 3.59. The third-order valence-electron chi connectivity index (χ3n) is 4.66. The number of carbonyl (C=O) groups is 2. The van der Waals surface area contributed by atoms with Crippen molar-refractivity contribution in [3.05, 3.63) is 28.3 Å². The second-order valence-electron chi connectivity index (χ2n) is 8.03. The topological polar surface area (TPSA) is 92.8 Å². The molecule has 140 valence electrons. The van der Waals surface area contributed by atoms with Gasteiger partial charge >= 0.3 is 0 Å². The molecule has 0 saturated heterocycles. The SMILES string of the molecule is CC(C)(C)N=C1CCCC(=O)/C1=C(/O)CCc1noc2c1C(=O)CCC2. The number of fused-ring (bicyclic) bond motifs is 1. The number of aliphatic hydroxyl groups is 1. The molecule has 6 nitrogen and oxygen atoms in total. The summed E-state index contributed by atoms with van der Waals surface area (Å²) in [5.74, 6) is 0.679. The molecule has 0 unspecified atom stereocenters. The Morgan fingerprint density at radius 3 is 2.54 bits per heavy atom.